The lowest BCUT2D eigenvalue weighted by Crippen LogP contribution is -2.47. The van der Waals surface area contributed by atoms with E-state index in [0.29, 0.717) is 30.1 Å². The number of furan rings is 1. The van der Waals surface area contributed by atoms with Gasteiger partial charge in [-0.05, 0) is 29.8 Å². The molecule has 156 valence electrons. The number of piperazine rings is 1. The van der Waals surface area contributed by atoms with Crippen molar-refractivity contribution < 1.29 is 14.0 Å². The molecule has 0 atom stereocenters. The monoisotopic (exact) mass is 414 g/mol. The summed E-state index contributed by atoms with van der Waals surface area (Å²) in [6, 6.07) is 18.8. The smallest absolute Gasteiger partial charge is 0.278 e. The lowest BCUT2D eigenvalue weighted by Gasteiger charge is -2.37. The number of hydrogen-bond acceptors (Lipinski definition) is 6. The third kappa shape index (κ3) is 3.59. The number of anilines is 1. The Morgan fingerprint density at radius 2 is 1.55 bits per heavy atom. The number of imide groups is 1. The summed E-state index contributed by atoms with van der Waals surface area (Å²) in [7, 11) is 0. The van der Waals surface area contributed by atoms with Gasteiger partial charge in [-0.25, -0.2) is 4.98 Å². The predicted molar refractivity (Wildman–Crippen MR) is 116 cm³/mol. The molecule has 1 aromatic carbocycles. The van der Waals surface area contributed by atoms with E-state index in [-0.39, 0.29) is 18.4 Å². The summed E-state index contributed by atoms with van der Waals surface area (Å²) in [5.74, 6) is 0.948. The van der Waals surface area contributed by atoms with Crippen molar-refractivity contribution in [1.29, 1.82) is 0 Å². The van der Waals surface area contributed by atoms with Crippen LogP contribution in [0.25, 0.3) is 5.57 Å². The van der Waals surface area contributed by atoms with E-state index in [1.165, 1.54) is 4.90 Å². The Morgan fingerprint density at radius 1 is 0.806 bits per heavy atom. The van der Waals surface area contributed by atoms with Crippen molar-refractivity contribution in [2.45, 2.75) is 6.54 Å². The van der Waals surface area contributed by atoms with Gasteiger partial charge >= 0.3 is 0 Å². The van der Waals surface area contributed by atoms with Crippen LogP contribution in [0.2, 0.25) is 0 Å². The lowest BCUT2D eigenvalue weighted by molar-refractivity contribution is -0.138. The number of carbonyl (C=O) groups excluding carboxylic acids is 2. The maximum Gasteiger partial charge on any atom is 0.278 e. The molecule has 4 heterocycles. The number of amides is 2. The van der Waals surface area contributed by atoms with Gasteiger partial charge in [0.05, 0.1) is 18.4 Å². The minimum Gasteiger partial charge on any atom is -0.467 e. The first kappa shape index (κ1) is 19.1. The van der Waals surface area contributed by atoms with Gasteiger partial charge in [-0.3, -0.25) is 14.5 Å². The van der Waals surface area contributed by atoms with E-state index in [4.69, 9.17) is 4.42 Å². The summed E-state index contributed by atoms with van der Waals surface area (Å²) in [6.45, 7) is 2.84. The van der Waals surface area contributed by atoms with Gasteiger partial charge in [0, 0.05) is 32.4 Å². The fourth-order valence-electron chi connectivity index (χ4n) is 4.12. The normalized spacial score (nSPS) is 17.1. The van der Waals surface area contributed by atoms with E-state index >= 15 is 0 Å². The minimum absolute atomic E-state index is 0.123. The lowest BCUT2D eigenvalue weighted by atomic mass is 10.0. The van der Waals surface area contributed by atoms with Gasteiger partial charge < -0.3 is 14.2 Å². The zero-order valence-corrected chi connectivity index (χ0v) is 17.0. The largest absolute Gasteiger partial charge is 0.467 e. The Morgan fingerprint density at radius 3 is 2.23 bits per heavy atom. The Kier molecular flexibility index (Phi) is 5.00. The Hall–Kier alpha value is -3.87. The first-order valence-corrected chi connectivity index (χ1v) is 10.3. The number of aromatic nitrogens is 1. The Bertz CT molecular complexity index is 1100. The molecular formula is C24H22N4O3. The highest BCUT2D eigenvalue weighted by molar-refractivity contribution is 6.35. The van der Waals surface area contributed by atoms with Gasteiger partial charge in [-0.2, -0.15) is 0 Å². The topological polar surface area (TPSA) is 69.9 Å². The van der Waals surface area contributed by atoms with Crippen LogP contribution in [-0.4, -0.2) is 52.8 Å². The van der Waals surface area contributed by atoms with Crippen LogP contribution >= 0.6 is 0 Å². The molecule has 31 heavy (non-hydrogen) atoms. The number of nitrogens with zero attached hydrogens (tertiary/aromatic N) is 4. The van der Waals surface area contributed by atoms with Crippen LogP contribution in [-0.2, 0) is 16.1 Å². The highest BCUT2D eigenvalue weighted by Gasteiger charge is 2.42. The third-order valence-corrected chi connectivity index (χ3v) is 5.67. The summed E-state index contributed by atoms with van der Waals surface area (Å²) in [5, 5.41) is 0. The van der Waals surface area contributed by atoms with Crippen LogP contribution in [0.3, 0.4) is 0 Å². The van der Waals surface area contributed by atoms with E-state index in [2.05, 4.69) is 9.88 Å². The number of pyridine rings is 1. The molecule has 3 aromatic rings. The standard InChI is InChI=1S/C24H22N4O3/c29-23-21(18-7-2-1-3-8-18)22(24(30)28(23)17-19-9-6-16-31-19)27-14-12-26(13-15-27)20-10-4-5-11-25-20/h1-11,16H,12-15,17H2. The first-order valence-electron chi connectivity index (χ1n) is 10.3. The molecule has 0 spiro atoms. The number of hydrogen-bond donors (Lipinski definition) is 0. The van der Waals surface area contributed by atoms with Gasteiger partial charge in [0.15, 0.2) is 0 Å². The summed E-state index contributed by atoms with van der Waals surface area (Å²) in [4.78, 5) is 36.7. The first-order chi connectivity index (χ1) is 15.2. The van der Waals surface area contributed by atoms with Crippen molar-refractivity contribution >= 4 is 23.2 Å². The van der Waals surface area contributed by atoms with Gasteiger partial charge in [-0.1, -0.05) is 36.4 Å². The molecule has 0 radical (unpaired) electrons. The molecule has 2 aromatic heterocycles. The molecule has 2 aliphatic heterocycles. The predicted octanol–water partition coefficient (Wildman–Crippen LogP) is 2.78. The van der Waals surface area contributed by atoms with Crippen molar-refractivity contribution in [3.8, 4) is 0 Å². The van der Waals surface area contributed by atoms with Gasteiger partial charge in [-0.15, -0.1) is 0 Å². The van der Waals surface area contributed by atoms with Gasteiger partial charge in [0.25, 0.3) is 11.8 Å². The zero-order chi connectivity index (χ0) is 21.2. The molecule has 0 N–H and O–H groups in total. The molecule has 0 aliphatic carbocycles. The van der Waals surface area contributed by atoms with Crippen molar-refractivity contribution in [2.24, 2.45) is 0 Å². The molecule has 2 amide bonds. The molecule has 7 heteroatoms. The number of benzene rings is 1. The SMILES string of the molecule is O=C1C(c2ccccc2)=C(N2CCN(c3ccccn3)CC2)C(=O)N1Cc1ccco1. The fourth-order valence-corrected chi connectivity index (χ4v) is 4.12. The summed E-state index contributed by atoms with van der Waals surface area (Å²) in [6.07, 6.45) is 3.33. The Balaban J connectivity index is 1.44. The van der Waals surface area contributed by atoms with Gasteiger partial charge in [0.1, 0.15) is 17.3 Å². The second-order valence-electron chi connectivity index (χ2n) is 7.53. The molecule has 2 aliphatic rings. The highest BCUT2D eigenvalue weighted by Crippen LogP contribution is 2.33. The average molecular weight is 414 g/mol. The molecule has 0 bridgehead atoms. The average Bonchev–Trinajstić information content (AvgIpc) is 3.43. The second-order valence-corrected chi connectivity index (χ2v) is 7.53. The maximum absolute atomic E-state index is 13.4. The molecule has 7 nitrogen and oxygen atoms in total. The number of rotatable bonds is 5. The quantitative estimate of drug-likeness (QED) is 0.598. The summed E-state index contributed by atoms with van der Waals surface area (Å²) >= 11 is 0. The van der Waals surface area contributed by atoms with E-state index in [1.54, 1.807) is 24.6 Å². The Labute approximate surface area is 180 Å². The zero-order valence-electron chi connectivity index (χ0n) is 17.0. The van der Waals surface area contributed by atoms with Crippen LogP contribution < -0.4 is 4.90 Å². The molecule has 1 saturated heterocycles. The third-order valence-electron chi connectivity index (χ3n) is 5.67. The van der Waals surface area contributed by atoms with Crippen molar-refractivity contribution in [2.75, 3.05) is 31.1 Å². The van der Waals surface area contributed by atoms with Crippen LogP contribution in [0.15, 0.2) is 83.2 Å². The maximum atomic E-state index is 13.4. The molecule has 5 rings (SSSR count). The molecular weight excluding hydrogens is 392 g/mol. The molecule has 0 saturated carbocycles. The summed E-state index contributed by atoms with van der Waals surface area (Å²) < 4.78 is 5.38. The van der Waals surface area contributed by atoms with E-state index in [1.807, 2.05) is 53.4 Å². The van der Waals surface area contributed by atoms with Crippen molar-refractivity contribution in [3.63, 3.8) is 0 Å². The van der Waals surface area contributed by atoms with Crippen molar-refractivity contribution in [3.05, 3.63) is 90.1 Å². The highest BCUT2D eigenvalue weighted by atomic mass is 16.3. The van der Waals surface area contributed by atoms with Crippen LogP contribution in [0.1, 0.15) is 11.3 Å². The van der Waals surface area contributed by atoms with Crippen molar-refractivity contribution in [1.82, 2.24) is 14.8 Å². The van der Waals surface area contributed by atoms with Gasteiger partial charge in [0.2, 0.25) is 0 Å². The van der Waals surface area contributed by atoms with E-state index in [0.717, 1.165) is 24.5 Å². The van der Waals surface area contributed by atoms with E-state index < -0.39 is 0 Å². The molecule has 0 unspecified atom stereocenters. The fraction of sp³-hybridized carbons (Fsp3) is 0.208. The van der Waals surface area contributed by atoms with Crippen LogP contribution in [0.4, 0.5) is 5.82 Å². The van der Waals surface area contributed by atoms with Crippen LogP contribution in [0.5, 0.6) is 0 Å². The summed E-state index contributed by atoms with van der Waals surface area (Å²) in [5.41, 5.74) is 1.69. The number of carbonyl (C=O) groups is 2. The minimum atomic E-state index is -0.283. The molecule has 1 fully saturated rings. The second kappa shape index (κ2) is 8.10. The van der Waals surface area contributed by atoms with Crippen LogP contribution in [0, 0.1) is 0 Å². The van der Waals surface area contributed by atoms with E-state index in [9.17, 15) is 9.59 Å².